The minimum Gasteiger partial charge on any atom is -0.468 e. The molecule has 1 N–H and O–H groups in total. The molecule has 1 fully saturated rings. The molecule has 1 aromatic rings. The fourth-order valence-electron chi connectivity index (χ4n) is 1.48. The molecule has 0 bridgehead atoms. The second-order valence-electron chi connectivity index (χ2n) is 3.82. The molecule has 2 rings (SSSR count). The minimum absolute atomic E-state index is 0.217. The van der Waals surface area contributed by atoms with Crippen LogP contribution in [0.2, 0.25) is 0 Å². The van der Waals surface area contributed by atoms with Crippen LogP contribution < -0.4 is 5.32 Å². The van der Waals surface area contributed by atoms with E-state index in [2.05, 4.69) is 12.2 Å². The first-order valence-electron chi connectivity index (χ1n) is 5.31. The monoisotopic (exact) mass is 211 g/mol. The normalized spacial score (nSPS) is 18.7. The van der Waals surface area contributed by atoms with Gasteiger partial charge in [-0.3, -0.25) is 0 Å². The molecule has 0 aliphatic carbocycles. The molecule has 2 heterocycles. The van der Waals surface area contributed by atoms with Gasteiger partial charge in [0, 0.05) is 6.54 Å². The van der Waals surface area contributed by atoms with Gasteiger partial charge in [0.2, 0.25) is 0 Å². The van der Waals surface area contributed by atoms with Crippen LogP contribution in [0.5, 0.6) is 0 Å². The maximum Gasteiger partial charge on any atom is 0.117 e. The van der Waals surface area contributed by atoms with E-state index in [0.717, 1.165) is 32.1 Å². The quantitative estimate of drug-likeness (QED) is 0.767. The average molecular weight is 211 g/mol. The van der Waals surface area contributed by atoms with Crippen molar-refractivity contribution in [2.24, 2.45) is 0 Å². The molecule has 0 radical (unpaired) electrons. The van der Waals surface area contributed by atoms with Crippen molar-refractivity contribution in [1.82, 2.24) is 5.32 Å². The van der Waals surface area contributed by atoms with Crippen molar-refractivity contribution < 1.29 is 13.9 Å². The van der Waals surface area contributed by atoms with Crippen molar-refractivity contribution in [2.45, 2.75) is 25.7 Å². The van der Waals surface area contributed by atoms with Gasteiger partial charge in [0.15, 0.2) is 0 Å². The Morgan fingerprint density at radius 3 is 3.07 bits per heavy atom. The highest BCUT2D eigenvalue weighted by atomic mass is 16.6. The van der Waals surface area contributed by atoms with E-state index in [1.54, 1.807) is 6.26 Å². The molecule has 1 atom stereocenters. The maximum absolute atomic E-state index is 5.69. The fourth-order valence-corrected chi connectivity index (χ4v) is 1.48. The summed E-state index contributed by atoms with van der Waals surface area (Å²) in [6, 6.07) is 3.85. The Labute approximate surface area is 89.6 Å². The third-order valence-corrected chi connectivity index (χ3v) is 2.34. The molecule has 0 saturated carbocycles. The van der Waals surface area contributed by atoms with Crippen molar-refractivity contribution in [2.75, 3.05) is 19.8 Å². The van der Waals surface area contributed by atoms with Gasteiger partial charge in [0.25, 0.3) is 0 Å². The SMILES string of the molecule is CC(CNCc1ccco1)OC1COC1. The first kappa shape index (κ1) is 10.7. The molecular formula is C11H17NO3. The number of ether oxygens (including phenoxy) is 2. The molecule has 84 valence electrons. The van der Waals surface area contributed by atoms with Crippen LogP contribution in [0.15, 0.2) is 22.8 Å². The molecule has 0 aromatic carbocycles. The van der Waals surface area contributed by atoms with Crippen LogP contribution in [0.25, 0.3) is 0 Å². The Hall–Kier alpha value is -0.840. The summed E-state index contributed by atoms with van der Waals surface area (Å²) in [7, 11) is 0. The van der Waals surface area contributed by atoms with Gasteiger partial charge in [-0.2, -0.15) is 0 Å². The molecule has 4 nitrogen and oxygen atoms in total. The molecule has 1 aliphatic heterocycles. The molecule has 1 aromatic heterocycles. The van der Waals surface area contributed by atoms with E-state index in [1.165, 1.54) is 0 Å². The predicted molar refractivity (Wildman–Crippen MR) is 55.6 cm³/mol. The Bertz CT molecular complexity index is 269. The van der Waals surface area contributed by atoms with Gasteiger partial charge in [-0.15, -0.1) is 0 Å². The Morgan fingerprint density at radius 1 is 1.60 bits per heavy atom. The lowest BCUT2D eigenvalue weighted by Gasteiger charge is -2.29. The fraction of sp³-hybridized carbons (Fsp3) is 0.636. The Kier molecular flexibility index (Phi) is 3.77. The minimum atomic E-state index is 0.217. The van der Waals surface area contributed by atoms with Gasteiger partial charge in [0.05, 0.1) is 32.1 Å². The number of furan rings is 1. The van der Waals surface area contributed by atoms with Crippen molar-refractivity contribution in [1.29, 1.82) is 0 Å². The highest BCUT2D eigenvalue weighted by Gasteiger charge is 2.21. The molecule has 15 heavy (non-hydrogen) atoms. The van der Waals surface area contributed by atoms with Crippen LogP contribution in [0.1, 0.15) is 12.7 Å². The number of hydrogen-bond donors (Lipinski definition) is 1. The molecule has 1 aliphatic rings. The zero-order chi connectivity index (χ0) is 10.5. The highest BCUT2D eigenvalue weighted by Crippen LogP contribution is 2.08. The van der Waals surface area contributed by atoms with Crippen molar-refractivity contribution in [3.63, 3.8) is 0 Å². The van der Waals surface area contributed by atoms with Crippen LogP contribution in [0.3, 0.4) is 0 Å². The molecule has 0 spiro atoms. The molecule has 1 saturated heterocycles. The van der Waals surface area contributed by atoms with Crippen LogP contribution in [0, 0.1) is 0 Å². The summed E-state index contributed by atoms with van der Waals surface area (Å²) in [4.78, 5) is 0. The van der Waals surface area contributed by atoms with Crippen molar-refractivity contribution in [3.05, 3.63) is 24.2 Å². The van der Waals surface area contributed by atoms with Crippen LogP contribution >= 0.6 is 0 Å². The first-order chi connectivity index (χ1) is 7.34. The maximum atomic E-state index is 5.69. The smallest absolute Gasteiger partial charge is 0.117 e. The number of hydrogen-bond acceptors (Lipinski definition) is 4. The third-order valence-electron chi connectivity index (χ3n) is 2.34. The molecule has 1 unspecified atom stereocenters. The van der Waals surface area contributed by atoms with E-state index >= 15 is 0 Å². The van der Waals surface area contributed by atoms with Crippen LogP contribution in [0.4, 0.5) is 0 Å². The zero-order valence-electron chi connectivity index (χ0n) is 8.94. The van der Waals surface area contributed by atoms with Gasteiger partial charge in [0.1, 0.15) is 11.9 Å². The second-order valence-corrected chi connectivity index (χ2v) is 3.82. The lowest BCUT2D eigenvalue weighted by molar-refractivity contribution is -0.149. The van der Waals surface area contributed by atoms with E-state index in [1.807, 2.05) is 12.1 Å². The summed E-state index contributed by atoms with van der Waals surface area (Å²) >= 11 is 0. The van der Waals surface area contributed by atoms with E-state index in [-0.39, 0.29) is 6.10 Å². The summed E-state index contributed by atoms with van der Waals surface area (Å²) in [6.45, 7) is 5.12. The number of rotatable bonds is 6. The van der Waals surface area contributed by atoms with E-state index in [0.29, 0.717) is 6.10 Å². The Balaban J connectivity index is 1.56. The predicted octanol–water partition coefficient (Wildman–Crippen LogP) is 1.17. The second kappa shape index (κ2) is 5.30. The topological polar surface area (TPSA) is 43.6 Å². The van der Waals surface area contributed by atoms with E-state index in [9.17, 15) is 0 Å². The number of nitrogens with one attached hydrogen (secondary N) is 1. The van der Waals surface area contributed by atoms with Crippen molar-refractivity contribution >= 4 is 0 Å². The molecular weight excluding hydrogens is 194 g/mol. The summed E-state index contributed by atoms with van der Waals surface area (Å²) in [5.74, 6) is 0.953. The highest BCUT2D eigenvalue weighted by molar-refractivity contribution is 4.97. The van der Waals surface area contributed by atoms with Crippen molar-refractivity contribution in [3.8, 4) is 0 Å². The van der Waals surface area contributed by atoms with Gasteiger partial charge >= 0.3 is 0 Å². The first-order valence-corrected chi connectivity index (χ1v) is 5.31. The summed E-state index contributed by atoms with van der Waals surface area (Å²) in [6.07, 6.45) is 2.20. The zero-order valence-corrected chi connectivity index (χ0v) is 8.94. The third kappa shape index (κ3) is 3.34. The largest absolute Gasteiger partial charge is 0.468 e. The van der Waals surface area contributed by atoms with Gasteiger partial charge in [-0.25, -0.2) is 0 Å². The molecule has 4 heteroatoms. The summed E-state index contributed by atoms with van der Waals surface area (Å²) in [5.41, 5.74) is 0. The molecule has 0 amide bonds. The standard InChI is InChI=1S/C11H17NO3/c1-9(15-11-7-13-8-11)5-12-6-10-3-2-4-14-10/h2-4,9,11-12H,5-8H2,1H3. The van der Waals surface area contributed by atoms with E-state index in [4.69, 9.17) is 13.9 Å². The summed E-state index contributed by atoms with van der Waals surface area (Å²) < 4.78 is 15.9. The summed E-state index contributed by atoms with van der Waals surface area (Å²) in [5, 5.41) is 3.28. The Morgan fingerprint density at radius 2 is 2.47 bits per heavy atom. The average Bonchev–Trinajstić information content (AvgIpc) is 2.64. The van der Waals surface area contributed by atoms with Gasteiger partial charge in [-0.05, 0) is 19.1 Å². The lowest BCUT2D eigenvalue weighted by atomic mass is 10.3. The van der Waals surface area contributed by atoms with Gasteiger partial charge in [-0.1, -0.05) is 0 Å². The van der Waals surface area contributed by atoms with E-state index < -0.39 is 0 Å². The lowest BCUT2D eigenvalue weighted by Crippen LogP contribution is -2.40. The van der Waals surface area contributed by atoms with Gasteiger partial charge < -0.3 is 19.2 Å². The van der Waals surface area contributed by atoms with Crippen LogP contribution in [-0.2, 0) is 16.0 Å². The van der Waals surface area contributed by atoms with Crippen LogP contribution in [-0.4, -0.2) is 32.0 Å².